The van der Waals surface area contributed by atoms with E-state index in [1.807, 2.05) is 0 Å². The summed E-state index contributed by atoms with van der Waals surface area (Å²) in [4.78, 5) is 0. The number of hydrogen-bond acceptors (Lipinski definition) is 2. The molecule has 1 aromatic heterocycles. The Morgan fingerprint density at radius 2 is 1.45 bits per heavy atom. The van der Waals surface area contributed by atoms with E-state index in [9.17, 15) is 0 Å². The number of nitrogens with one attached hydrogen (secondary N) is 1. The van der Waals surface area contributed by atoms with Gasteiger partial charge in [0.1, 0.15) is 0 Å². The second-order valence-electron chi connectivity index (χ2n) is 11.3. The first-order chi connectivity index (χ1) is 14.6. The molecule has 5 heteroatoms. The van der Waals surface area contributed by atoms with Crippen molar-refractivity contribution >= 4 is 42.8 Å². The Hall–Kier alpha value is -0.334. The first-order valence-electron chi connectivity index (χ1n) is 12.7. The number of nitrogens with zero attached hydrogens (tertiary/aromatic N) is 1. The van der Waals surface area contributed by atoms with Crippen LogP contribution in [-0.4, -0.2) is 38.3 Å². The summed E-state index contributed by atoms with van der Waals surface area (Å²) in [6.07, 6.45) is 7.98. The molecule has 0 aliphatic heterocycles. The van der Waals surface area contributed by atoms with Gasteiger partial charge in [0.25, 0.3) is 0 Å². The van der Waals surface area contributed by atoms with E-state index in [4.69, 9.17) is 9.52 Å². The number of aromatic amines is 1. The molecule has 3 nitrogen and oxygen atoms in total. The van der Waals surface area contributed by atoms with Crippen molar-refractivity contribution < 1.29 is 4.43 Å². The summed E-state index contributed by atoms with van der Waals surface area (Å²) in [6, 6.07) is 6.84. The van der Waals surface area contributed by atoms with Crippen molar-refractivity contribution in [3.05, 3.63) is 23.8 Å². The molecule has 0 aliphatic rings. The molecule has 31 heavy (non-hydrogen) atoms. The van der Waals surface area contributed by atoms with E-state index in [-0.39, 0.29) is 10.6 Å². The van der Waals surface area contributed by atoms with Gasteiger partial charge in [0.2, 0.25) is 0 Å². The van der Waals surface area contributed by atoms with Crippen LogP contribution in [0.15, 0.2) is 18.2 Å². The maximum atomic E-state index is 6.59. The molecule has 0 fully saturated rings. The van der Waals surface area contributed by atoms with Crippen molar-refractivity contribution in [1.29, 1.82) is 0 Å². The average Bonchev–Trinajstić information content (AvgIpc) is 3.16. The first-order valence-corrected chi connectivity index (χ1v) is 21.5. The van der Waals surface area contributed by atoms with Crippen LogP contribution in [0.1, 0.15) is 99.5 Å². The van der Waals surface area contributed by atoms with Crippen LogP contribution >= 0.6 is 0 Å². The number of H-pyrrole nitrogens is 1. The van der Waals surface area contributed by atoms with Gasteiger partial charge < -0.3 is 0 Å². The molecule has 2 rings (SSSR count). The van der Waals surface area contributed by atoms with E-state index < -0.39 is 28.1 Å². The van der Waals surface area contributed by atoms with E-state index in [1.165, 1.54) is 72.0 Å². The molecule has 0 amide bonds. The Bertz CT molecular complexity index is 788. The predicted octanol–water partition coefficient (Wildman–Crippen LogP) is 7.17. The molecular weight excluding hydrogens is 503 g/mol. The normalized spacial score (nSPS) is 13.7. The molecule has 1 N–H and O–H groups in total. The van der Waals surface area contributed by atoms with Gasteiger partial charge in [0, 0.05) is 0 Å². The van der Waals surface area contributed by atoms with Gasteiger partial charge >= 0.3 is 199 Å². The fourth-order valence-corrected chi connectivity index (χ4v) is 21.7. The molecule has 1 heterocycles. The zero-order chi connectivity index (χ0) is 23.1. The van der Waals surface area contributed by atoms with Crippen molar-refractivity contribution in [3.63, 3.8) is 0 Å². The van der Waals surface area contributed by atoms with Gasteiger partial charge in [-0.25, -0.2) is 0 Å². The van der Waals surface area contributed by atoms with Gasteiger partial charge in [-0.15, -0.1) is 0 Å². The molecule has 0 saturated heterocycles. The molecular formula is C26H48N2OSiSn. The van der Waals surface area contributed by atoms with Gasteiger partial charge in [-0.3, -0.25) is 0 Å². The van der Waals surface area contributed by atoms with Crippen LogP contribution in [0, 0.1) is 0 Å². The summed E-state index contributed by atoms with van der Waals surface area (Å²) in [5.41, 5.74) is 2.23. The van der Waals surface area contributed by atoms with E-state index >= 15 is 0 Å². The third-order valence-corrected chi connectivity index (χ3v) is 23.6. The van der Waals surface area contributed by atoms with Crippen LogP contribution < -0.4 is 3.71 Å². The Labute approximate surface area is 198 Å². The zero-order valence-corrected chi connectivity index (χ0v) is 25.9. The van der Waals surface area contributed by atoms with Crippen LogP contribution in [0.5, 0.6) is 0 Å². The summed E-state index contributed by atoms with van der Waals surface area (Å²) in [6.45, 7) is 18.4. The number of rotatable bonds is 13. The van der Waals surface area contributed by atoms with Crippen LogP contribution in [0.2, 0.25) is 18.3 Å². The van der Waals surface area contributed by atoms with Crippen LogP contribution in [-0.2, 0) is 10.0 Å². The monoisotopic (exact) mass is 552 g/mol. The van der Waals surface area contributed by atoms with Gasteiger partial charge in [0.05, 0.1) is 0 Å². The predicted molar refractivity (Wildman–Crippen MR) is 143 cm³/mol. The molecule has 0 spiro atoms. The minimum absolute atomic E-state index is 0.281. The van der Waals surface area contributed by atoms with Gasteiger partial charge in [-0.2, -0.15) is 0 Å². The Kier molecular flexibility index (Phi) is 10.1. The van der Waals surface area contributed by atoms with Crippen molar-refractivity contribution in [2.45, 2.75) is 118 Å². The Morgan fingerprint density at radius 1 is 0.903 bits per heavy atom. The van der Waals surface area contributed by atoms with Crippen molar-refractivity contribution in [2.75, 3.05) is 0 Å². The third-order valence-electron chi connectivity index (χ3n) is 6.64. The number of benzene rings is 1. The van der Waals surface area contributed by atoms with Crippen molar-refractivity contribution in [3.8, 4) is 0 Å². The molecule has 176 valence electrons. The summed E-state index contributed by atoms with van der Waals surface area (Å²) in [5, 5.41) is 10.4. The second kappa shape index (κ2) is 11.7. The topological polar surface area (TPSA) is 37.9 Å². The van der Waals surface area contributed by atoms with Gasteiger partial charge in [-0.1, -0.05) is 0 Å². The van der Waals surface area contributed by atoms with E-state index in [0.29, 0.717) is 0 Å². The Balaban J connectivity index is 2.54. The molecule has 1 aromatic carbocycles. The first kappa shape index (κ1) is 26.9. The van der Waals surface area contributed by atoms with Crippen LogP contribution in [0.4, 0.5) is 0 Å². The molecule has 0 unspecified atom stereocenters. The molecule has 0 bridgehead atoms. The Morgan fingerprint density at radius 3 is 1.94 bits per heavy atom. The molecule has 0 atom stereocenters. The number of fused-ring (bicyclic) bond motifs is 1. The minimum atomic E-state index is -2.59. The molecule has 0 saturated carbocycles. The zero-order valence-electron chi connectivity index (χ0n) is 21.7. The van der Waals surface area contributed by atoms with Crippen LogP contribution in [0.25, 0.3) is 10.9 Å². The second-order valence-corrected chi connectivity index (χ2v) is 26.9. The van der Waals surface area contributed by atoms with Crippen molar-refractivity contribution in [1.82, 2.24) is 10.2 Å². The molecule has 0 radical (unpaired) electrons. The van der Waals surface area contributed by atoms with E-state index in [0.717, 1.165) is 0 Å². The SMILES string of the molecule is CCC[CH2][Sn]([CH2]CCC)([CH2]CCC)[c]1n[nH]c2c(C(C)(C)O[SiH2]C(C)(C)C)cccc12. The van der Waals surface area contributed by atoms with Gasteiger partial charge in [-0.05, 0) is 0 Å². The maximum absolute atomic E-state index is 6.59. The summed E-state index contributed by atoms with van der Waals surface area (Å²) in [7, 11) is -0.640. The summed E-state index contributed by atoms with van der Waals surface area (Å²) >= 11 is -2.59. The van der Waals surface area contributed by atoms with E-state index in [2.05, 4.69) is 78.7 Å². The number of aromatic nitrogens is 2. The number of para-hydroxylation sites is 1. The number of unbranched alkanes of at least 4 members (excludes halogenated alkanes) is 3. The fourth-order valence-electron chi connectivity index (χ4n) is 4.70. The van der Waals surface area contributed by atoms with Crippen LogP contribution in [0.3, 0.4) is 0 Å². The average molecular weight is 551 g/mol. The summed E-state index contributed by atoms with van der Waals surface area (Å²) in [5.74, 6) is 0. The molecule has 2 aromatic rings. The van der Waals surface area contributed by atoms with Gasteiger partial charge in [0.15, 0.2) is 0 Å². The van der Waals surface area contributed by atoms with E-state index in [1.54, 1.807) is 0 Å². The quantitative estimate of drug-likeness (QED) is 0.268. The fraction of sp³-hybridized carbons (Fsp3) is 0.731. The standard InChI is InChI=1S/C14H21N2OSi.3C4H9.Sn/c1-13(2,3)18-17-14(4,5)11-8-6-7-10-9-15-16-12(10)11;3*1-3-4-2;/h6-8H,18H2,1-5H3,(H,15,16);3*1,3-4H2,2H3;. The summed E-state index contributed by atoms with van der Waals surface area (Å²) < 4.78 is 12.5. The molecule has 0 aliphatic carbocycles. The number of hydrogen-bond donors (Lipinski definition) is 1. The third kappa shape index (κ3) is 7.07. The van der Waals surface area contributed by atoms with Crippen molar-refractivity contribution in [2.24, 2.45) is 0 Å².